The van der Waals surface area contributed by atoms with Gasteiger partial charge in [0.25, 0.3) is 0 Å². The SMILES string of the molecule is N[C@@H]1C[C@@H]2CC[C@H]1N2. The van der Waals surface area contributed by atoms with Crippen molar-refractivity contribution in [2.75, 3.05) is 0 Å². The van der Waals surface area contributed by atoms with E-state index >= 15 is 0 Å². The van der Waals surface area contributed by atoms with Gasteiger partial charge in [-0.25, -0.2) is 0 Å². The molecule has 2 aliphatic rings. The molecule has 46 valence electrons. The Morgan fingerprint density at radius 2 is 2.25 bits per heavy atom. The van der Waals surface area contributed by atoms with Crippen molar-refractivity contribution >= 4 is 0 Å². The van der Waals surface area contributed by atoms with E-state index in [1.807, 2.05) is 0 Å². The first-order valence-electron chi connectivity index (χ1n) is 3.38. The van der Waals surface area contributed by atoms with Gasteiger partial charge in [-0.15, -0.1) is 0 Å². The van der Waals surface area contributed by atoms with E-state index in [1.165, 1.54) is 19.3 Å². The minimum absolute atomic E-state index is 0.466. The van der Waals surface area contributed by atoms with E-state index in [2.05, 4.69) is 5.32 Å². The number of hydrogen-bond donors (Lipinski definition) is 2. The largest absolute Gasteiger partial charge is 0.326 e. The van der Waals surface area contributed by atoms with Crippen LogP contribution in [0.5, 0.6) is 0 Å². The van der Waals surface area contributed by atoms with Gasteiger partial charge in [-0.1, -0.05) is 0 Å². The van der Waals surface area contributed by atoms with Crippen LogP contribution >= 0.6 is 0 Å². The van der Waals surface area contributed by atoms with Gasteiger partial charge < -0.3 is 11.1 Å². The van der Waals surface area contributed by atoms with E-state index in [1.54, 1.807) is 0 Å². The van der Waals surface area contributed by atoms with E-state index in [0.29, 0.717) is 12.1 Å². The Labute approximate surface area is 49.4 Å². The van der Waals surface area contributed by atoms with Gasteiger partial charge in [-0.2, -0.15) is 0 Å². The lowest BCUT2D eigenvalue weighted by Gasteiger charge is -2.13. The van der Waals surface area contributed by atoms with Gasteiger partial charge in [0.2, 0.25) is 0 Å². The van der Waals surface area contributed by atoms with Crippen molar-refractivity contribution in [2.24, 2.45) is 5.73 Å². The summed E-state index contributed by atoms with van der Waals surface area (Å²) >= 11 is 0. The summed E-state index contributed by atoms with van der Waals surface area (Å²) in [5, 5.41) is 3.45. The minimum Gasteiger partial charge on any atom is -0.326 e. The number of hydrogen-bond acceptors (Lipinski definition) is 2. The summed E-state index contributed by atoms with van der Waals surface area (Å²) < 4.78 is 0. The quantitative estimate of drug-likeness (QED) is 0.457. The predicted molar refractivity (Wildman–Crippen MR) is 32.5 cm³/mol. The summed E-state index contributed by atoms with van der Waals surface area (Å²) in [7, 11) is 0. The molecule has 2 aliphatic heterocycles. The maximum Gasteiger partial charge on any atom is 0.0222 e. The van der Waals surface area contributed by atoms with Crippen LogP contribution in [0, 0.1) is 0 Å². The first-order valence-corrected chi connectivity index (χ1v) is 3.38. The fourth-order valence-corrected chi connectivity index (χ4v) is 1.87. The van der Waals surface area contributed by atoms with E-state index in [4.69, 9.17) is 5.73 Å². The van der Waals surface area contributed by atoms with Crippen LogP contribution in [0.3, 0.4) is 0 Å². The van der Waals surface area contributed by atoms with E-state index in [9.17, 15) is 0 Å². The maximum atomic E-state index is 5.76. The van der Waals surface area contributed by atoms with E-state index in [0.717, 1.165) is 6.04 Å². The smallest absolute Gasteiger partial charge is 0.0222 e. The molecule has 0 unspecified atom stereocenters. The lowest BCUT2D eigenvalue weighted by molar-refractivity contribution is 0.502. The fraction of sp³-hybridized carbons (Fsp3) is 1.00. The second-order valence-electron chi connectivity index (χ2n) is 2.95. The molecule has 0 aliphatic carbocycles. The van der Waals surface area contributed by atoms with E-state index < -0.39 is 0 Å². The molecule has 0 aromatic heterocycles. The molecule has 0 radical (unpaired) electrons. The average Bonchev–Trinajstić information content (AvgIpc) is 2.23. The summed E-state index contributed by atoms with van der Waals surface area (Å²) in [5.41, 5.74) is 5.76. The van der Waals surface area contributed by atoms with Crippen molar-refractivity contribution in [1.29, 1.82) is 0 Å². The molecule has 2 rings (SSSR count). The topological polar surface area (TPSA) is 38.0 Å². The van der Waals surface area contributed by atoms with Crippen molar-refractivity contribution in [3.8, 4) is 0 Å². The predicted octanol–water partition coefficient (Wildman–Crippen LogP) is -0.162. The summed E-state index contributed by atoms with van der Waals surface area (Å²) in [4.78, 5) is 0. The van der Waals surface area contributed by atoms with Crippen molar-refractivity contribution < 1.29 is 0 Å². The highest BCUT2D eigenvalue weighted by atomic mass is 15.1. The van der Waals surface area contributed by atoms with Crippen LogP contribution < -0.4 is 11.1 Å². The lowest BCUT2D eigenvalue weighted by atomic mass is 9.97. The highest BCUT2D eigenvalue weighted by Crippen LogP contribution is 2.26. The molecule has 2 bridgehead atoms. The van der Waals surface area contributed by atoms with Crippen LogP contribution in [-0.4, -0.2) is 18.1 Å². The highest BCUT2D eigenvalue weighted by molar-refractivity contribution is 4.99. The first-order chi connectivity index (χ1) is 3.86. The third-order valence-electron chi connectivity index (χ3n) is 2.35. The Kier molecular flexibility index (Phi) is 0.866. The molecule has 2 saturated heterocycles. The van der Waals surface area contributed by atoms with Crippen molar-refractivity contribution in [1.82, 2.24) is 5.32 Å². The van der Waals surface area contributed by atoms with Gasteiger partial charge in [-0.05, 0) is 19.3 Å². The molecule has 2 heteroatoms. The van der Waals surface area contributed by atoms with Crippen LogP contribution in [0.15, 0.2) is 0 Å². The molecule has 0 spiro atoms. The van der Waals surface area contributed by atoms with Gasteiger partial charge in [0.15, 0.2) is 0 Å². The molecule has 0 aromatic rings. The zero-order chi connectivity index (χ0) is 5.56. The van der Waals surface area contributed by atoms with Crippen LogP contribution in [0.2, 0.25) is 0 Å². The van der Waals surface area contributed by atoms with Crippen molar-refractivity contribution in [2.45, 2.75) is 37.4 Å². The van der Waals surface area contributed by atoms with Gasteiger partial charge in [0.05, 0.1) is 0 Å². The fourth-order valence-electron chi connectivity index (χ4n) is 1.87. The van der Waals surface area contributed by atoms with Crippen LogP contribution in [0.25, 0.3) is 0 Å². The summed E-state index contributed by atoms with van der Waals surface area (Å²) in [6.45, 7) is 0. The molecule has 2 nitrogen and oxygen atoms in total. The molecule has 2 heterocycles. The lowest BCUT2D eigenvalue weighted by Crippen LogP contribution is -2.33. The normalized spacial score (nSPS) is 52.9. The highest BCUT2D eigenvalue weighted by Gasteiger charge is 2.36. The number of fused-ring (bicyclic) bond motifs is 2. The molecule has 3 atom stereocenters. The first kappa shape index (κ1) is 4.77. The van der Waals surface area contributed by atoms with E-state index in [-0.39, 0.29) is 0 Å². The van der Waals surface area contributed by atoms with Crippen LogP contribution in [0.4, 0.5) is 0 Å². The third-order valence-corrected chi connectivity index (χ3v) is 2.35. The Hall–Kier alpha value is -0.0800. The molecule has 0 saturated carbocycles. The Balaban J connectivity index is 2.11. The molecule has 3 N–H and O–H groups in total. The van der Waals surface area contributed by atoms with Gasteiger partial charge in [-0.3, -0.25) is 0 Å². The maximum absolute atomic E-state index is 5.76. The van der Waals surface area contributed by atoms with Crippen molar-refractivity contribution in [3.63, 3.8) is 0 Å². The second kappa shape index (κ2) is 1.45. The van der Waals surface area contributed by atoms with Gasteiger partial charge >= 0.3 is 0 Å². The van der Waals surface area contributed by atoms with Gasteiger partial charge in [0.1, 0.15) is 0 Å². The van der Waals surface area contributed by atoms with Crippen molar-refractivity contribution in [3.05, 3.63) is 0 Å². The Morgan fingerprint density at radius 3 is 2.50 bits per heavy atom. The molecule has 2 fully saturated rings. The monoisotopic (exact) mass is 112 g/mol. The molecule has 8 heavy (non-hydrogen) atoms. The molecule has 0 amide bonds. The summed E-state index contributed by atoms with van der Waals surface area (Å²) in [5.74, 6) is 0. The third kappa shape index (κ3) is 0.501. The van der Waals surface area contributed by atoms with Crippen LogP contribution in [0.1, 0.15) is 19.3 Å². The van der Waals surface area contributed by atoms with Crippen LogP contribution in [-0.2, 0) is 0 Å². The standard InChI is InChI=1S/C6H12N2/c7-5-3-4-1-2-6(5)8-4/h4-6,8H,1-3,7H2/t4-,5+,6+/m0/s1. The van der Waals surface area contributed by atoms with Gasteiger partial charge in [0, 0.05) is 18.1 Å². The molecular formula is C6H12N2. The Bertz CT molecular complexity index is 101. The second-order valence-corrected chi connectivity index (χ2v) is 2.95. The molecule has 0 aromatic carbocycles. The summed E-state index contributed by atoms with van der Waals surface area (Å²) in [6, 6.07) is 1.91. The summed E-state index contributed by atoms with van der Waals surface area (Å²) in [6.07, 6.45) is 3.88. The zero-order valence-corrected chi connectivity index (χ0v) is 4.93. The number of nitrogens with one attached hydrogen (secondary N) is 1. The minimum atomic E-state index is 0.466. The number of nitrogens with two attached hydrogens (primary N) is 1. The zero-order valence-electron chi connectivity index (χ0n) is 4.93. The molecular weight excluding hydrogens is 100 g/mol. The Morgan fingerprint density at radius 1 is 1.38 bits per heavy atom. The number of rotatable bonds is 0. The average molecular weight is 112 g/mol.